The third-order valence-corrected chi connectivity index (χ3v) is 7.32. The van der Waals surface area contributed by atoms with Crippen molar-refractivity contribution in [3.63, 3.8) is 0 Å². The largest absolute Gasteiger partial charge is 0.462 e. The lowest BCUT2D eigenvalue weighted by Crippen LogP contribution is -2.16. The third-order valence-electron chi connectivity index (χ3n) is 4.25. The van der Waals surface area contributed by atoms with E-state index in [-0.39, 0.29) is 40.3 Å². The summed E-state index contributed by atoms with van der Waals surface area (Å²) in [5.74, 6) is -0.729. The molecule has 0 fully saturated rings. The molecule has 170 valence electrons. The van der Waals surface area contributed by atoms with Crippen molar-refractivity contribution in [3.8, 4) is 10.7 Å². The Labute approximate surface area is 197 Å². The molecule has 0 unspecified atom stereocenters. The molecule has 3 rings (SSSR count). The summed E-state index contributed by atoms with van der Waals surface area (Å²) in [5.41, 5.74) is 0.584. The number of anilines is 1. The molecule has 0 atom stereocenters. The molecular formula is C20H22N4O5S3. The van der Waals surface area contributed by atoms with Gasteiger partial charge in [0, 0.05) is 7.05 Å². The van der Waals surface area contributed by atoms with Crippen molar-refractivity contribution in [2.75, 3.05) is 24.3 Å². The number of hydrogen-bond donors (Lipinski definition) is 1. The van der Waals surface area contributed by atoms with Gasteiger partial charge < -0.3 is 19.4 Å². The molecule has 3 aromatic heterocycles. The van der Waals surface area contributed by atoms with Gasteiger partial charge in [0.25, 0.3) is 0 Å². The molecule has 12 heteroatoms. The monoisotopic (exact) mass is 494 g/mol. The Morgan fingerprint density at radius 1 is 1.16 bits per heavy atom. The van der Waals surface area contributed by atoms with Crippen LogP contribution in [-0.2, 0) is 21.3 Å². The first kappa shape index (κ1) is 24.0. The van der Waals surface area contributed by atoms with Crippen molar-refractivity contribution in [2.45, 2.75) is 25.9 Å². The van der Waals surface area contributed by atoms with E-state index in [0.29, 0.717) is 10.7 Å². The summed E-state index contributed by atoms with van der Waals surface area (Å²) in [7, 11) is 1.84. The minimum atomic E-state index is -0.603. The lowest BCUT2D eigenvalue weighted by molar-refractivity contribution is -0.113. The Balaban J connectivity index is 1.75. The zero-order valence-corrected chi connectivity index (χ0v) is 20.4. The molecule has 0 aliphatic carbocycles. The van der Waals surface area contributed by atoms with Crippen LogP contribution in [0.4, 0.5) is 5.00 Å². The molecule has 32 heavy (non-hydrogen) atoms. The average Bonchev–Trinajstić information content (AvgIpc) is 3.46. The number of thiophene rings is 2. The molecule has 3 heterocycles. The van der Waals surface area contributed by atoms with Crippen LogP contribution in [0.5, 0.6) is 0 Å². The zero-order chi connectivity index (χ0) is 23.3. The van der Waals surface area contributed by atoms with Crippen molar-refractivity contribution in [3.05, 3.63) is 33.5 Å². The quantitative estimate of drug-likeness (QED) is 0.351. The standard InChI is InChI=1S/C20H22N4O5S3/c1-5-28-18(26)14-11(3)15(19(27)29-6-2)32-17(14)21-13(25)10-31-20-23-22-16(24(20)4)12-8-7-9-30-12/h7-9H,5-6,10H2,1-4H3,(H,21,25). The topological polar surface area (TPSA) is 112 Å². The predicted molar refractivity (Wildman–Crippen MR) is 125 cm³/mol. The van der Waals surface area contributed by atoms with Crippen LogP contribution in [0.25, 0.3) is 10.7 Å². The minimum Gasteiger partial charge on any atom is -0.462 e. The van der Waals surface area contributed by atoms with Gasteiger partial charge in [0.05, 0.1) is 29.4 Å². The van der Waals surface area contributed by atoms with E-state index in [1.54, 1.807) is 32.1 Å². The van der Waals surface area contributed by atoms with E-state index < -0.39 is 11.9 Å². The van der Waals surface area contributed by atoms with Crippen LogP contribution in [0, 0.1) is 6.92 Å². The number of nitrogens with zero attached hydrogens (tertiary/aromatic N) is 3. The number of rotatable bonds is 9. The van der Waals surface area contributed by atoms with Crippen molar-refractivity contribution >= 4 is 57.3 Å². The van der Waals surface area contributed by atoms with Crippen LogP contribution >= 0.6 is 34.4 Å². The number of hydrogen-bond acceptors (Lipinski definition) is 10. The molecule has 0 spiro atoms. The zero-order valence-electron chi connectivity index (χ0n) is 18.0. The molecule has 3 aromatic rings. The average molecular weight is 495 g/mol. The summed E-state index contributed by atoms with van der Waals surface area (Å²) in [6.45, 7) is 5.39. The van der Waals surface area contributed by atoms with Crippen LogP contribution in [0.2, 0.25) is 0 Å². The van der Waals surface area contributed by atoms with E-state index in [1.807, 2.05) is 29.1 Å². The Kier molecular flexibility index (Phi) is 8.04. The number of ether oxygens (including phenoxy) is 2. The van der Waals surface area contributed by atoms with Crippen LogP contribution in [-0.4, -0.2) is 51.6 Å². The highest BCUT2D eigenvalue weighted by molar-refractivity contribution is 7.99. The molecule has 0 saturated carbocycles. The van der Waals surface area contributed by atoms with Crippen molar-refractivity contribution in [2.24, 2.45) is 7.05 Å². The number of esters is 2. The van der Waals surface area contributed by atoms with Gasteiger partial charge in [-0.05, 0) is 37.8 Å². The second-order valence-corrected chi connectivity index (χ2v) is 9.29. The van der Waals surface area contributed by atoms with Gasteiger partial charge in [0.1, 0.15) is 9.88 Å². The Morgan fingerprint density at radius 3 is 2.53 bits per heavy atom. The molecule has 1 N–H and O–H groups in total. The predicted octanol–water partition coefficient (Wildman–Crippen LogP) is 4.00. The van der Waals surface area contributed by atoms with E-state index >= 15 is 0 Å². The molecule has 9 nitrogen and oxygen atoms in total. The van der Waals surface area contributed by atoms with E-state index in [0.717, 1.165) is 22.0 Å². The number of carbonyl (C=O) groups excluding carboxylic acids is 3. The van der Waals surface area contributed by atoms with Gasteiger partial charge >= 0.3 is 11.9 Å². The summed E-state index contributed by atoms with van der Waals surface area (Å²) < 4.78 is 12.0. The Hall–Kier alpha value is -2.70. The number of nitrogens with one attached hydrogen (secondary N) is 1. The van der Waals surface area contributed by atoms with Crippen molar-refractivity contribution in [1.82, 2.24) is 14.8 Å². The molecular weight excluding hydrogens is 472 g/mol. The first-order chi connectivity index (χ1) is 15.4. The molecule has 0 radical (unpaired) electrons. The first-order valence-electron chi connectivity index (χ1n) is 9.70. The number of thioether (sulfide) groups is 1. The maximum absolute atomic E-state index is 12.6. The Bertz CT molecular complexity index is 1120. The maximum atomic E-state index is 12.6. The van der Waals surface area contributed by atoms with Gasteiger partial charge in [-0.3, -0.25) is 4.79 Å². The first-order valence-corrected chi connectivity index (χ1v) is 12.4. The van der Waals surface area contributed by atoms with E-state index in [4.69, 9.17) is 9.47 Å². The van der Waals surface area contributed by atoms with Crippen molar-refractivity contribution < 1.29 is 23.9 Å². The van der Waals surface area contributed by atoms with E-state index in [1.165, 1.54) is 11.8 Å². The molecule has 0 saturated heterocycles. The van der Waals surface area contributed by atoms with Gasteiger partial charge in [-0.25, -0.2) is 9.59 Å². The Morgan fingerprint density at radius 2 is 1.88 bits per heavy atom. The fourth-order valence-corrected chi connectivity index (χ4v) is 5.36. The maximum Gasteiger partial charge on any atom is 0.348 e. The highest BCUT2D eigenvalue weighted by Gasteiger charge is 2.27. The number of carbonyl (C=O) groups is 3. The van der Waals surface area contributed by atoms with Gasteiger partial charge in [-0.1, -0.05) is 17.8 Å². The summed E-state index contributed by atoms with van der Waals surface area (Å²) in [6.07, 6.45) is 0. The lowest BCUT2D eigenvalue weighted by atomic mass is 10.1. The summed E-state index contributed by atoms with van der Waals surface area (Å²) in [4.78, 5) is 38.6. The highest BCUT2D eigenvalue weighted by atomic mass is 32.2. The van der Waals surface area contributed by atoms with Gasteiger partial charge in [-0.2, -0.15) is 0 Å². The minimum absolute atomic E-state index is 0.0460. The van der Waals surface area contributed by atoms with Crippen LogP contribution in [0.1, 0.15) is 39.4 Å². The van der Waals surface area contributed by atoms with Crippen molar-refractivity contribution in [1.29, 1.82) is 0 Å². The number of aromatic nitrogens is 3. The molecule has 0 bridgehead atoms. The van der Waals surface area contributed by atoms with Crippen LogP contribution < -0.4 is 5.32 Å². The van der Waals surface area contributed by atoms with Crippen LogP contribution in [0.15, 0.2) is 22.7 Å². The summed E-state index contributed by atoms with van der Waals surface area (Å²) in [6, 6.07) is 3.89. The second-order valence-electron chi connectivity index (χ2n) is 6.38. The normalized spacial score (nSPS) is 10.8. The van der Waals surface area contributed by atoms with Gasteiger partial charge in [0.2, 0.25) is 5.91 Å². The fraction of sp³-hybridized carbons (Fsp3) is 0.350. The lowest BCUT2D eigenvalue weighted by Gasteiger charge is -2.07. The molecule has 0 aromatic carbocycles. The van der Waals surface area contributed by atoms with Gasteiger partial charge in [0.15, 0.2) is 11.0 Å². The fourth-order valence-electron chi connectivity index (χ4n) is 2.80. The molecule has 0 aliphatic rings. The molecule has 1 amide bonds. The smallest absolute Gasteiger partial charge is 0.348 e. The number of amides is 1. The van der Waals surface area contributed by atoms with E-state index in [9.17, 15) is 14.4 Å². The summed E-state index contributed by atoms with van der Waals surface area (Å²) >= 11 is 3.77. The molecule has 0 aliphatic heterocycles. The third kappa shape index (κ3) is 5.19. The highest BCUT2D eigenvalue weighted by Crippen LogP contribution is 2.34. The van der Waals surface area contributed by atoms with E-state index in [2.05, 4.69) is 15.5 Å². The van der Waals surface area contributed by atoms with Crippen LogP contribution in [0.3, 0.4) is 0 Å². The van der Waals surface area contributed by atoms with Gasteiger partial charge in [-0.15, -0.1) is 32.9 Å². The second kappa shape index (κ2) is 10.7. The summed E-state index contributed by atoms with van der Waals surface area (Å²) in [5, 5.41) is 13.9. The SMILES string of the molecule is CCOC(=O)c1sc(NC(=O)CSc2nnc(-c3cccs3)n2C)c(C(=O)OCC)c1C.